The van der Waals surface area contributed by atoms with Crippen molar-refractivity contribution in [2.24, 2.45) is 0 Å². The number of benzene rings is 1. The Balaban J connectivity index is 0.000000568. The molecular weight excluding hydrogens is 366 g/mol. The fraction of sp³-hybridized carbons (Fsp3) is 0.500. The Hall–Kier alpha value is -2.58. The minimum absolute atomic E-state index is 0.290. The van der Waals surface area contributed by atoms with Gasteiger partial charge in [0, 0.05) is 19.6 Å². The maximum Gasteiger partial charge on any atom is 0.414 e. The summed E-state index contributed by atoms with van der Waals surface area (Å²) in [6.45, 7) is 9.72. The van der Waals surface area contributed by atoms with E-state index in [-0.39, 0.29) is 0 Å². The molecule has 8 heteroatoms. The minimum Gasteiger partial charge on any atom is -0.493 e. The zero-order valence-electron chi connectivity index (χ0n) is 16.8. The van der Waals surface area contributed by atoms with E-state index in [0.29, 0.717) is 18.8 Å². The van der Waals surface area contributed by atoms with Crippen molar-refractivity contribution in [1.29, 1.82) is 0 Å². The van der Waals surface area contributed by atoms with Crippen molar-refractivity contribution in [3.8, 4) is 11.5 Å². The summed E-state index contributed by atoms with van der Waals surface area (Å²) in [7, 11) is 1.67. The van der Waals surface area contributed by atoms with Crippen molar-refractivity contribution in [3.05, 3.63) is 29.8 Å². The van der Waals surface area contributed by atoms with Gasteiger partial charge in [0.15, 0.2) is 11.5 Å². The molecule has 156 valence electrons. The van der Waals surface area contributed by atoms with E-state index in [2.05, 4.69) is 18.7 Å². The molecule has 0 spiro atoms. The third-order valence-electron chi connectivity index (χ3n) is 3.89. The van der Waals surface area contributed by atoms with Gasteiger partial charge in [0.1, 0.15) is 6.61 Å². The molecule has 2 unspecified atom stereocenters. The van der Waals surface area contributed by atoms with E-state index in [1.807, 2.05) is 37.3 Å². The van der Waals surface area contributed by atoms with Gasteiger partial charge >= 0.3 is 11.9 Å². The first-order chi connectivity index (χ1) is 13.3. The van der Waals surface area contributed by atoms with E-state index >= 15 is 0 Å². The molecule has 8 nitrogen and oxygen atoms in total. The molecule has 28 heavy (non-hydrogen) atoms. The van der Waals surface area contributed by atoms with Gasteiger partial charge in [0.25, 0.3) is 0 Å². The quantitative estimate of drug-likeness (QED) is 0.707. The van der Waals surface area contributed by atoms with Crippen LogP contribution in [0.4, 0.5) is 0 Å². The van der Waals surface area contributed by atoms with E-state index in [1.54, 1.807) is 7.11 Å². The number of morpholine rings is 1. The molecule has 1 fully saturated rings. The van der Waals surface area contributed by atoms with Crippen LogP contribution in [0.15, 0.2) is 24.3 Å². The molecule has 1 aliphatic heterocycles. The van der Waals surface area contributed by atoms with Gasteiger partial charge in [-0.25, -0.2) is 9.59 Å². The molecule has 1 saturated heterocycles. The summed E-state index contributed by atoms with van der Waals surface area (Å²) in [5.41, 5.74) is 1.11. The molecule has 0 amide bonds. The molecule has 2 N–H and O–H groups in total. The van der Waals surface area contributed by atoms with Crippen LogP contribution in [0.25, 0.3) is 6.08 Å². The number of allylic oxidation sites excluding steroid dienone is 1. The number of methoxy groups -OCH3 is 1. The Morgan fingerprint density at radius 1 is 1.18 bits per heavy atom. The van der Waals surface area contributed by atoms with Gasteiger partial charge in [-0.15, -0.1) is 0 Å². The zero-order valence-corrected chi connectivity index (χ0v) is 16.8. The van der Waals surface area contributed by atoms with Crippen molar-refractivity contribution in [3.63, 3.8) is 0 Å². The third kappa shape index (κ3) is 8.41. The zero-order chi connectivity index (χ0) is 21.1. The number of rotatable bonds is 6. The normalized spacial score (nSPS) is 19.6. The van der Waals surface area contributed by atoms with Crippen LogP contribution in [-0.2, 0) is 14.3 Å². The lowest BCUT2D eigenvalue weighted by molar-refractivity contribution is -0.159. The molecule has 0 aromatic heterocycles. The molecule has 0 radical (unpaired) electrons. The Kier molecular flexibility index (Phi) is 10.0. The SMILES string of the molecule is CC=Cc1ccc(OCCN2CC(C)OC(C)C2)c(OC)c1.O=C(O)C(=O)O. The Labute approximate surface area is 165 Å². The molecule has 1 aliphatic rings. The van der Waals surface area contributed by atoms with Crippen LogP contribution in [0, 0.1) is 0 Å². The van der Waals surface area contributed by atoms with Crippen LogP contribution < -0.4 is 9.47 Å². The van der Waals surface area contributed by atoms with Crippen molar-refractivity contribution in [2.75, 3.05) is 33.4 Å². The second kappa shape index (κ2) is 12.0. The third-order valence-corrected chi connectivity index (χ3v) is 3.89. The molecule has 0 bridgehead atoms. The number of carbonyl (C=O) groups is 2. The summed E-state index contributed by atoms with van der Waals surface area (Å²) < 4.78 is 17.1. The van der Waals surface area contributed by atoms with Gasteiger partial charge in [-0.05, 0) is 38.5 Å². The largest absolute Gasteiger partial charge is 0.493 e. The lowest BCUT2D eigenvalue weighted by atomic mass is 10.2. The highest BCUT2D eigenvalue weighted by Crippen LogP contribution is 2.28. The van der Waals surface area contributed by atoms with Gasteiger partial charge < -0.3 is 24.4 Å². The average molecular weight is 395 g/mol. The van der Waals surface area contributed by atoms with Crippen LogP contribution >= 0.6 is 0 Å². The van der Waals surface area contributed by atoms with Gasteiger partial charge in [0.2, 0.25) is 0 Å². The average Bonchev–Trinajstić information content (AvgIpc) is 2.62. The lowest BCUT2D eigenvalue weighted by Gasteiger charge is -2.35. The Morgan fingerprint density at radius 3 is 2.29 bits per heavy atom. The highest BCUT2D eigenvalue weighted by Gasteiger charge is 2.21. The molecular formula is C20H29NO7. The smallest absolute Gasteiger partial charge is 0.414 e. The van der Waals surface area contributed by atoms with E-state index in [9.17, 15) is 0 Å². The number of hydrogen-bond donors (Lipinski definition) is 2. The van der Waals surface area contributed by atoms with Gasteiger partial charge in [0.05, 0.1) is 19.3 Å². The summed E-state index contributed by atoms with van der Waals surface area (Å²) in [6, 6.07) is 6.00. The van der Waals surface area contributed by atoms with Crippen LogP contribution in [0.2, 0.25) is 0 Å². The van der Waals surface area contributed by atoms with Gasteiger partial charge in [-0.3, -0.25) is 4.90 Å². The summed E-state index contributed by atoms with van der Waals surface area (Å²) >= 11 is 0. The number of nitrogens with zero attached hydrogens (tertiary/aromatic N) is 1. The predicted octanol–water partition coefficient (Wildman–Crippen LogP) is 2.37. The molecule has 2 atom stereocenters. The predicted molar refractivity (Wildman–Crippen MR) is 105 cm³/mol. The summed E-state index contributed by atoms with van der Waals surface area (Å²) in [6.07, 6.45) is 4.63. The Bertz CT molecular complexity index is 653. The van der Waals surface area contributed by atoms with Crippen molar-refractivity contribution in [2.45, 2.75) is 33.0 Å². The number of hydrogen-bond acceptors (Lipinski definition) is 6. The molecule has 2 rings (SSSR count). The maximum atomic E-state index is 9.10. The maximum absolute atomic E-state index is 9.10. The summed E-state index contributed by atoms with van der Waals surface area (Å²) in [5, 5.41) is 14.8. The van der Waals surface area contributed by atoms with E-state index in [0.717, 1.165) is 36.7 Å². The second-order valence-corrected chi connectivity index (χ2v) is 6.39. The molecule has 1 heterocycles. The monoisotopic (exact) mass is 395 g/mol. The second-order valence-electron chi connectivity index (χ2n) is 6.39. The molecule has 1 aromatic carbocycles. The highest BCUT2D eigenvalue weighted by molar-refractivity contribution is 6.27. The van der Waals surface area contributed by atoms with Gasteiger partial charge in [-0.2, -0.15) is 0 Å². The standard InChI is InChI=1S/C18H27NO3.C2H2O4/c1-5-6-16-7-8-17(18(11-16)20-4)21-10-9-19-12-14(2)22-15(3)13-19;3-1(4)2(5)6/h5-8,11,14-15H,9-10,12-13H2,1-4H3;(H,3,4)(H,5,6). The van der Waals surface area contributed by atoms with Crippen molar-refractivity contribution in [1.82, 2.24) is 4.90 Å². The summed E-state index contributed by atoms with van der Waals surface area (Å²) in [4.78, 5) is 20.6. The number of carboxylic acids is 2. The van der Waals surface area contributed by atoms with Crippen LogP contribution in [0.1, 0.15) is 26.3 Å². The first-order valence-corrected chi connectivity index (χ1v) is 9.04. The fourth-order valence-electron chi connectivity index (χ4n) is 2.85. The fourth-order valence-corrected chi connectivity index (χ4v) is 2.85. The topological polar surface area (TPSA) is 106 Å². The van der Waals surface area contributed by atoms with Crippen LogP contribution in [-0.4, -0.2) is 72.6 Å². The molecule has 1 aromatic rings. The Morgan fingerprint density at radius 2 is 1.79 bits per heavy atom. The van der Waals surface area contributed by atoms with E-state index in [1.165, 1.54) is 0 Å². The van der Waals surface area contributed by atoms with Crippen molar-refractivity contribution >= 4 is 18.0 Å². The van der Waals surface area contributed by atoms with Crippen molar-refractivity contribution < 1.29 is 34.0 Å². The molecule has 0 saturated carbocycles. The number of ether oxygens (including phenoxy) is 3. The first kappa shape index (κ1) is 23.5. The van der Waals surface area contributed by atoms with Gasteiger partial charge in [-0.1, -0.05) is 18.2 Å². The molecule has 0 aliphatic carbocycles. The number of carboxylic acid groups (broad SMARTS) is 2. The van der Waals surface area contributed by atoms with E-state index < -0.39 is 11.9 Å². The van der Waals surface area contributed by atoms with Crippen LogP contribution in [0.3, 0.4) is 0 Å². The minimum atomic E-state index is -1.82. The summed E-state index contributed by atoms with van der Waals surface area (Å²) in [5.74, 6) is -2.07. The van der Waals surface area contributed by atoms with Crippen LogP contribution in [0.5, 0.6) is 11.5 Å². The highest BCUT2D eigenvalue weighted by atomic mass is 16.5. The lowest BCUT2D eigenvalue weighted by Crippen LogP contribution is -2.46. The van der Waals surface area contributed by atoms with E-state index in [4.69, 9.17) is 34.0 Å². The first-order valence-electron chi connectivity index (χ1n) is 9.04. The number of aliphatic carboxylic acids is 2.